The molecule has 1 aliphatic carbocycles. The second kappa shape index (κ2) is 8.69. The van der Waals surface area contributed by atoms with E-state index in [0.29, 0.717) is 0 Å². The molecule has 2 aromatic heterocycles. The van der Waals surface area contributed by atoms with Gasteiger partial charge in [-0.3, -0.25) is 14.8 Å². The second-order valence-electron chi connectivity index (χ2n) is 7.11. The number of pyridine rings is 2. The standard InChI is InChI=1S/C22H24N4O2/c27-22(15-25-18-4-2-11-23-14-18)26-17-6-8-19(9-7-17)28-21-5-1-3-16-13-24-12-10-20(16)21/h1-5,10-14,17,19,25H,6-9,15H2,(H,26,27). The number of hydrogen-bond acceptors (Lipinski definition) is 5. The number of hydrogen-bond donors (Lipinski definition) is 2. The van der Waals surface area contributed by atoms with Crippen LogP contribution in [0.15, 0.2) is 61.2 Å². The summed E-state index contributed by atoms with van der Waals surface area (Å²) in [4.78, 5) is 20.4. The van der Waals surface area contributed by atoms with Crippen LogP contribution in [0.25, 0.3) is 10.8 Å². The van der Waals surface area contributed by atoms with Gasteiger partial charge >= 0.3 is 0 Å². The summed E-state index contributed by atoms with van der Waals surface area (Å²) in [6.45, 7) is 0.256. The summed E-state index contributed by atoms with van der Waals surface area (Å²) in [6.07, 6.45) is 11.0. The number of nitrogens with one attached hydrogen (secondary N) is 2. The van der Waals surface area contributed by atoms with E-state index < -0.39 is 0 Å². The zero-order valence-corrected chi connectivity index (χ0v) is 15.7. The molecule has 0 spiro atoms. The monoisotopic (exact) mass is 376 g/mol. The largest absolute Gasteiger partial charge is 0.490 e. The lowest BCUT2D eigenvalue weighted by molar-refractivity contribution is -0.120. The van der Waals surface area contributed by atoms with Crippen LogP contribution in [0.5, 0.6) is 5.75 Å². The first kappa shape index (κ1) is 18.2. The molecule has 0 bridgehead atoms. The molecular formula is C22H24N4O2. The van der Waals surface area contributed by atoms with Crippen LogP contribution < -0.4 is 15.4 Å². The smallest absolute Gasteiger partial charge is 0.239 e. The predicted molar refractivity (Wildman–Crippen MR) is 109 cm³/mol. The summed E-state index contributed by atoms with van der Waals surface area (Å²) in [6, 6.07) is 12.0. The Hall–Kier alpha value is -3.15. The fourth-order valence-electron chi connectivity index (χ4n) is 3.63. The lowest BCUT2D eigenvalue weighted by Gasteiger charge is -2.30. The highest BCUT2D eigenvalue weighted by Crippen LogP contribution is 2.29. The SMILES string of the molecule is O=C(CNc1cccnc1)NC1CCC(Oc2cccc3cnccc23)CC1. The van der Waals surface area contributed by atoms with Crippen molar-refractivity contribution in [3.63, 3.8) is 0 Å². The highest BCUT2D eigenvalue weighted by atomic mass is 16.5. The van der Waals surface area contributed by atoms with Gasteiger partial charge in [0.1, 0.15) is 5.75 Å². The summed E-state index contributed by atoms with van der Waals surface area (Å²) in [5, 5.41) is 8.38. The van der Waals surface area contributed by atoms with Gasteiger partial charge in [0.15, 0.2) is 0 Å². The number of amides is 1. The van der Waals surface area contributed by atoms with Crippen molar-refractivity contribution in [1.29, 1.82) is 0 Å². The van der Waals surface area contributed by atoms with Crippen LogP contribution in [0.4, 0.5) is 5.69 Å². The van der Waals surface area contributed by atoms with Gasteiger partial charge < -0.3 is 15.4 Å². The topological polar surface area (TPSA) is 76.1 Å². The van der Waals surface area contributed by atoms with Gasteiger partial charge in [-0.25, -0.2) is 0 Å². The molecule has 2 heterocycles. The number of carbonyl (C=O) groups is 1. The number of aromatic nitrogens is 2. The van der Waals surface area contributed by atoms with Crippen molar-refractivity contribution in [2.24, 2.45) is 0 Å². The molecular weight excluding hydrogens is 352 g/mol. The van der Waals surface area contributed by atoms with Crippen molar-refractivity contribution < 1.29 is 9.53 Å². The van der Waals surface area contributed by atoms with Crippen LogP contribution in [-0.4, -0.2) is 34.6 Å². The first-order valence-corrected chi connectivity index (χ1v) is 9.70. The Morgan fingerprint density at radius 1 is 1.00 bits per heavy atom. The van der Waals surface area contributed by atoms with Gasteiger partial charge in [-0.05, 0) is 49.9 Å². The van der Waals surface area contributed by atoms with Crippen molar-refractivity contribution in [2.75, 3.05) is 11.9 Å². The summed E-state index contributed by atoms with van der Waals surface area (Å²) in [5.41, 5.74) is 0.847. The molecule has 0 radical (unpaired) electrons. The van der Waals surface area contributed by atoms with Gasteiger partial charge in [0, 0.05) is 41.6 Å². The van der Waals surface area contributed by atoms with Crippen LogP contribution in [0.2, 0.25) is 0 Å². The summed E-state index contributed by atoms with van der Waals surface area (Å²) < 4.78 is 6.27. The van der Waals surface area contributed by atoms with Crippen LogP contribution >= 0.6 is 0 Å². The Morgan fingerprint density at radius 2 is 1.86 bits per heavy atom. The Bertz CT molecular complexity index is 919. The predicted octanol–water partition coefficient (Wildman–Crippen LogP) is 3.55. The molecule has 1 saturated carbocycles. The minimum Gasteiger partial charge on any atom is -0.490 e. The molecule has 1 aromatic carbocycles. The van der Waals surface area contributed by atoms with E-state index in [9.17, 15) is 4.79 Å². The third kappa shape index (κ3) is 4.57. The van der Waals surface area contributed by atoms with E-state index in [2.05, 4.69) is 20.6 Å². The quantitative estimate of drug-likeness (QED) is 0.688. The van der Waals surface area contributed by atoms with Crippen molar-refractivity contribution in [3.8, 4) is 5.75 Å². The molecule has 3 aromatic rings. The Morgan fingerprint density at radius 3 is 2.68 bits per heavy atom. The van der Waals surface area contributed by atoms with E-state index >= 15 is 0 Å². The lowest BCUT2D eigenvalue weighted by atomic mass is 9.93. The summed E-state index contributed by atoms with van der Waals surface area (Å²) in [5.74, 6) is 0.919. The summed E-state index contributed by atoms with van der Waals surface area (Å²) >= 11 is 0. The van der Waals surface area contributed by atoms with E-state index in [0.717, 1.165) is 47.9 Å². The normalized spacial score (nSPS) is 19.1. The average Bonchev–Trinajstić information content (AvgIpc) is 2.75. The van der Waals surface area contributed by atoms with Crippen molar-refractivity contribution >= 4 is 22.4 Å². The number of ether oxygens (including phenoxy) is 1. The minimum absolute atomic E-state index is 0.00905. The number of anilines is 1. The molecule has 2 N–H and O–H groups in total. The minimum atomic E-state index is 0.00905. The van der Waals surface area contributed by atoms with Gasteiger partial charge in [-0.15, -0.1) is 0 Å². The highest BCUT2D eigenvalue weighted by molar-refractivity contribution is 5.87. The number of benzene rings is 1. The number of rotatable bonds is 6. The van der Waals surface area contributed by atoms with Gasteiger partial charge in [0.05, 0.1) is 18.3 Å². The molecule has 0 atom stereocenters. The van der Waals surface area contributed by atoms with E-state index in [1.165, 1.54) is 0 Å². The van der Waals surface area contributed by atoms with Crippen LogP contribution in [0.3, 0.4) is 0 Å². The van der Waals surface area contributed by atoms with Gasteiger partial charge in [-0.1, -0.05) is 12.1 Å². The fraction of sp³-hybridized carbons (Fsp3) is 0.318. The maximum absolute atomic E-state index is 12.2. The molecule has 1 fully saturated rings. The van der Waals surface area contributed by atoms with E-state index in [-0.39, 0.29) is 24.6 Å². The van der Waals surface area contributed by atoms with Gasteiger partial charge in [0.25, 0.3) is 0 Å². The molecule has 4 rings (SSSR count). The molecule has 0 aliphatic heterocycles. The van der Waals surface area contributed by atoms with Crippen molar-refractivity contribution in [3.05, 3.63) is 61.2 Å². The highest BCUT2D eigenvalue weighted by Gasteiger charge is 2.24. The molecule has 6 heteroatoms. The third-order valence-corrected chi connectivity index (χ3v) is 5.09. The zero-order chi connectivity index (χ0) is 19.2. The first-order chi connectivity index (χ1) is 13.8. The van der Waals surface area contributed by atoms with Crippen LogP contribution in [0.1, 0.15) is 25.7 Å². The average molecular weight is 376 g/mol. The molecule has 144 valence electrons. The number of fused-ring (bicyclic) bond motifs is 1. The lowest BCUT2D eigenvalue weighted by Crippen LogP contribution is -2.42. The van der Waals surface area contributed by atoms with Gasteiger partial charge in [0.2, 0.25) is 5.91 Å². The maximum atomic E-state index is 12.2. The molecule has 0 unspecified atom stereocenters. The Balaban J connectivity index is 1.25. The van der Waals surface area contributed by atoms with Gasteiger partial charge in [-0.2, -0.15) is 0 Å². The fourth-order valence-corrected chi connectivity index (χ4v) is 3.63. The molecule has 28 heavy (non-hydrogen) atoms. The van der Waals surface area contributed by atoms with Crippen LogP contribution in [0, 0.1) is 0 Å². The maximum Gasteiger partial charge on any atom is 0.239 e. The third-order valence-electron chi connectivity index (χ3n) is 5.09. The molecule has 0 saturated heterocycles. The van der Waals surface area contributed by atoms with E-state index in [1.807, 2.05) is 42.6 Å². The van der Waals surface area contributed by atoms with E-state index in [4.69, 9.17) is 4.74 Å². The zero-order valence-electron chi connectivity index (χ0n) is 15.7. The van der Waals surface area contributed by atoms with Crippen LogP contribution in [-0.2, 0) is 4.79 Å². The Labute approximate surface area is 164 Å². The Kier molecular flexibility index (Phi) is 5.66. The number of carbonyl (C=O) groups excluding carboxylic acids is 1. The molecule has 1 amide bonds. The first-order valence-electron chi connectivity index (χ1n) is 9.70. The number of nitrogens with zero attached hydrogens (tertiary/aromatic N) is 2. The summed E-state index contributed by atoms with van der Waals surface area (Å²) in [7, 11) is 0. The second-order valence-corrected chi connectivity index (χ2v) is 7.11. The van der Waals surface area contributed by atoms with Crippen molar-refractivity contribution in [1.82, 2.24) is 15.3 Å². The van der Waals surface area contributed by atoms with Crippen molar-refractivity contribution in [2.45, 2.75) is 37.8 Å². The molecule has 6 nitrogen and oxygen atoms in total. The molecule has 1 aliphatic rings. The van der Waals surface area contributed by atoms with E-state index in [1.54, 1.807) is 18.6 Å².